The molecule has 1 N–H and O–H groups in total. The smallest absolute Gasteiger partial charge is 0.265 e. The Morgan fingerprint density at radius 1 is 1.35 bits per heavy atom. The van der Waals surface area contributed by atoms with Gasteiger partial charge in [0.2, 0.25) is 0 Å². The third kappa shape index (κ3) is 3.02. The predicted octanol–water partition coefficient (Wildman–Crippen LogP) is 1.23. The van der Waals surface area contributed by atoms with E-state index < -0.39 is 15.1 Å². The van der Waals surface area contributed by atoms with Crippen molar-refractivity contribution in [1.82, 2.24) is 10.4 Å². The Morgan fingerprint density at radius 3 is 2.60 bits per heavy atom. The molecule has 1 aromatic rings. The zero-order valence-corrected chi connectivity index (χ0v) is 12.6. The topological polar surface area (TPSA) is 66.5 Å². The van der Waals surface area contributed by atoms with Crippen LogP contribution in [0, 0.1) is 0 Å². The molecule has 1 aromatic carbocycles. The van der Waals surface area contributed by atoms with E-state index in [-0.39, 0.29) is 17.7 Å². The number of hydrogen-bond acceptors (Lipinski definition) is 4. The highest BCUT2D eigenvalue weighted by Crippen LogP contribution is 2.20. The van der Waals surface area contributed by atoms with Crippen LogP contribution in [0.4, 0.5) is 0 Å². The van der Waals surface area contributed by atoms with Crippen molar-refractivity contribution >= 4 is 15.7 Å². The standard InChI is InChI=1S/C14H20N2O3S/c1-3-13-11(2)20(18,19)10-9-16(13)15-14(17)12-7-5-4-6-8-12/h4-8,11,13H,3,9-10H2,1-2H3,(H,15,17). The molecule has 6 heteroatoms. The second-order valence-electron chi connectivity index (χ2n) is 5.05. The fraction of sp³-hybridized carbons (Fsp3) is 0.500. The van der Waals surface area contributed by atoms with Crippen LogP contribution >= 0.6 is 0 Å². The van der Waals surface area contributed by atoms with Crippen molar-refractivity contribution in [2.45, 2.75) is 31.6 Å². The molecule has 1 heterocycles. The van der Waals surface area contributed by atoms with E-state index in [0.29, 0.717) is 18.5 Å². The molecule has 0 bridgehead atoms. The minimum Gasteiger partial charge on any atom is -0.284 e. The van der Waals surface area contributed by atoms with Crippen LogP contribution in [0.5, 0.6) is 0 Å². The summed E-state index contributed by atoms with van der Waals surface area (Å²) in [7, 11) is -3.05. The molecule has 2 rings (SSSR count). The van der Waals surface area contributed by atoms with Crippen molar-refractivity contribution < 1.29 is 13.2 Å². The van der Waals surface area contributed by atoms with Crippen molar-refractivity contribution in [3.8, 4) is 0 Å². The van der Waals surface area contributed by atoms with Crippen LogP contribution in [0.1, 0.15) is 30.6 Å². The molecule has 0 radical (unpaired) electrons. The van der Waals surface area contributed by atoms with E-state index in [1.165, 1.54) is 0 Å². The molecule has 5 nitrogen and oxygen atoms in total. The molecule has 20 heavy (non-hydrogen) atoms. The molecule has 0 aromatic heterocycles. The fourth-order valence-corrected chi connectivity index (χ4v) is 4.19. The monoisotopic (exact) mass is 296 g/mol. The number of hydrogen-bond donors (Lipinski definition) is 1. The maximum Gasteiger partial charge on any atom is 0.265 e. The van der Waals surface area contributed by atoms with Gasteiger partial charge in [0.15, 0.2) is 9.84 Å². The van der Waals surface area contributed by atoms with Gasteiger partial charge in [-0.05, 0) is 25.5 Å². The maximum atomic E-state index is 12.1. The van der Waals surface area contributed by atoms with Gasteiger partial charge in [0.05, 0.1) is 11.0 Å². The first-order valence-electron chi connectivity index (χ1n) is 6.80. The van der Waals surface area contributed by atoms with E-state index in [9.17, 15) is 13.2 Å². The predicted molar refractivity (Wildman–Crippen MR) is 77.9 cm³/mol. The van der Waals surface area contributed by atoms with E-state index in [4.69, 9.17) is 0 Å². The van der Waals surface area contributed by atoms with Crippen molar-refractivity contribution in [1.29, 1.82) is 0 Å². The second kappa shape index (κ2) is 5.93. The summed E-state index contributed by atoms with van der Waals surface area (Å²) in [6, 6.07) is 8.74. The largest absolute Gasteiger partial charge is 0.284 e. The molecule has 1 aliphatic heterocycles. The summed E-state index contributed by atoms with van der Waals surface area (Å²) in [4.78, 5) is 12.1. The van der Waals surface area contributed by atoms with Crippen molar-refractivity contribution in [3.05, 3.63) is 35.9 Å². The molecular formula is C14H20N2O3S. The van der Waals surface area contributed by atoms with E-state index in [1.54, 1.807) is 36.2 Å². The normalized spacial score (nSPS) is 26.1. The van der Waals surface area contributed by atoms with Gasteiger partial charge in [-0.3, -0.25) is 10.2 Å². The van der Waals surface area contributed by atoms with Gasteiger partial charge in [-0.1, -0.05) is 25.1 Å². The highest BCUT2D eigenvalue weighted by molar-refractivity contribution is 7.92. The van der Waals surface area contributed by atoms with E-state index in [0.717, 1.165) is 0 Å². The molecule has 0 spiro atoms. The van der Waals surface area contributed by atoms with E-state index >= 15 is 0 Å². The third-order valence-corrected chi connectivity index (χ3v) is 6.02. The van der Waals surface area contributed by atoms with Gasteiger partial charge in [0, 0.05) is 18.2 Å². The molecule has 2 atom stereocenters. The number of sulfone groups is 1. The molecular weight excluding hydrogens is 276 g/mol. The number of benzene rings is 1. The van der Waals surface area contributed by atoms with Crippen molar-refractivity contribution in [3.63, 3.8) is 0 Å². The Hall–Kier alpha value is -1.40. The number of nitrogens with zero attached hydrogens (tertiary/aromatic N) is 1. The fourth-order valence-electron chi connectivity index (χ4n) is 2.55. The summed E-state index contributed by atoms with van der Waals surface area (Å²) in [6.45, 7) is 3.98. The minimum atomic E-state index is -3.05. The SMILES string of the molecule is CCC1C(C)S(=O)(=O)CCN1NC(=O)c1ccccc1. The zero-order chi connectivity index (χ0) is 14.8. The van der Waals surface area contributed by atoms with Crippen LogP contribution < -0.4 is 5.43 Å². The molecule has 0 aliphatic carbocycles. The van der Waals surface area contributed by atoms with Gasteiger partial charge in [-0.2, -0.15) is 0 Å². The lowest BCUT2D eigenvalue weighted by Crippen LogP contribution is -2.59. The average Bonchev–Trinajstić information content (AvgIpc) is 2.44. The Morgan fingerprint density at radius 2 is 2.00 bits per heavy atom. The summed E-state index contributed by atoms with van der Waals surface area (Å²) in [5.74, 6) is -0.115. The zero-order valence-electron chi connectivity index (χ0n) is 11.7. The van der Waals surface area contributed by atoms with Gasteiger partial charge in [-0.15, -0.1) is 0 Å². The molecule has 1 fully saturated rings. The highest BCUT2D eigenvalue weighted by Gasteiger charge is 2.38. The number of carbonyl (C=O) groups excluding carboxylic acids is 1. The lowest BCUT2D eigenvalue weighted by Gasteiger charge is -2.38. The average molecular weight is 296 g/mol. The number of rotatable bonds is 3. The number of carbonyl (C=O) groups is 1. The Balaban J connectivity index is 2.11. The number of nitrogens with one attached hydrogen (secondary N) is 1. The lowest BCUT2D eigenvalue weighted by atomic mass is 10.1. The van der Waals surface area contributed by atoms with Crippen LogP contribution in [0.2, 0.25) is 0 Å². The Bertz CT molecular complexity index is 571. The first kappa shape index (κ1) is 15.0. The summed E-state index contributed by atoms with van der Waals surface area (Å²) in [6.07, 6.45) is 0.676. The summed E-state index contributed by atoms with van der Waals surface area (Å²) in [5, 5.41) is 1.30. The minimum absolute atomic E-state index is 0.0831. The molecule has 1 saturated heterocycles. The summed E-state index contributed by atoms with van der Waals surface area (Å²) in [5.41, 5.74) is 3.41. The van der Waals surface area contributed by atoms with Crippen LogP contribution in [0.15, 0.2) is 30.3 Å². The maximum absolute atomic E-state index is 12.1. The van der Waals surface area contributed by atoms with Crippen LogP contribution in [0.25, 0.3) is 0 Å². The molecule has 0 saturated carbocycles. The second-order valence-corrected chi connectivity index (χ2v) is 7.53. The molecule has 1 aliphatic rings. The van der Waals surface area contributed by atoms with Crippen molar-refractivity contribution in [2.24, 2.45) is 0 Å². The van der Waals surface area contributed by atoms with E-state index in [2.05, 4.69) is 5.43 Å². The lowest BCUT2D eigenvalue weighted by molar-refractivity contribution is 0.0673. The molecule has 110 valence electrons. The van der Waals surface area contributed by atoms with Gasteiger partial charge < -0.3 is 0 Å². The van der Waals surface area contributed by atoms with Gasteiger partial charge in [0.25, 0.3) is 5.91 Å². The molecule has 2 unspecified atom stereocenters. The quantitative estimate of drug-likeness (QED) is 0.911. The molecule has 1 amide bonds. The Kier molecular flexibility index (Phi) is 4.45. The van der Waals surface area contributed by atoms with Crippen LogP contribution in [-0.2, 0) is 9.84 Å². The highest BCUT2D eigenvalue weighted by atomic mass is 32.2. The van der Waals surface area contributed by atoms with Crippen molar-refractivity contribution in [2.75, 3.05) is 12.3 Å². The summed E-state index contributed by atoms with van der Waals surface area (Å²) < 4.78 is 23.8. The number of hydrazine groups is 1. The number of amides is 1. The van der Waals surface area contributed by atoms with Crippen LogP contribution in [0.3, 0.4) is 0 Å². The first-order valence-corrected chi connectivity index (χ1v) is 8.51. The van der Waals surface area contributed by atoms with Crippen LogP contribution in [-0.4, -0.2) is 42.9 Å². The first-order chi connectivity index (χ1) is 9.45. The van der Waals surface area contributed by atoms with Gasteiger partial charge >= 0.3 is 0 Å². The van der Waals surface area contributed by atoms with E-state index in [1.807, 2.05) is 13.0 Å². The van der Waals surface area contributed by atoms with Gasteiger partial charge in [-0.25, -0.2) is 13.4 Å². The third-order valence-electron chi connectivity index (χ3n) is 3.82. The van der Waals surface area contributed by atoms with Gasteiger partial charge in [0.1, 0.15) is 0 Å². The summed E-state index contributed by atoms with van der Waals surface area (Å²) >= 11 is 0. The Labute approximate surface area is 119 Å².